The van der Waals surface area contributed by atoms with Gasteiger partial charge in [-0.05, 0) is 56.0 Å². The number of hydrogen-bond donors (Lipinski definition) is 2. The highest BCUT2D eigenvalue weighted by Gasteiger charge is 2.20. The van der Waals surface area contributed by atoms with Gasteiger partial charge in [-0.2, -0.15) is 11.8 Å². The molecule has 0 atom stereocenters. The fourth-order valence-electron chi connectivity index (χ4n) is 3.02. The smallest absolute Gasteiger partial charge is 0.274 e. The number of ether oxygens (including phenoxy) is 1. The molecule has 0 saturated carbocycles. The summed E-state index contributed by atoms with van der Waals surface area (Å²) in [7, 11) is 0. The van der Waals surface area contributed by atoms with E-state index < -0.39 is 0 Å². The second kappa shape index (κ2) is 11.3. The van der Waals surface area contributed by atoms with Gasteiger partial charge in [-0.25, -0.2) is 9.67 Å². The minimum atomic E-state index is -0.311. The van der Waals surface area contributed by atoms with Crippen LogP contribution in [0.5, 0.6) is 5.88 Å². The summed E-state index contributed by atoms with van der Waals surface area (Å²) in [4.78, 5) is 29.0. The van der Waals surface area contributed by atoms with Crippen LogP contribution in [0.2, 0.25) is 0 Å². The fourth-order valence-corrected chi connectivity index (χ4v) is 3.55. The molecule has 2 aromatic heterocycles. The first-order chi connectivity index (χ1) is 15.6. The second-order valence-corrected chi connectivity index (χ2v) is 7.62. The predicted molar refractivity (Wildman–Crippen MR) is 123 cm³/mol. The average molecular weight is 455 g/mol. The van der Waals surface area contributed by atoms with Crippen LogP contribution in [0.25, 0.3) is 5.69 Å². The third-order valence-corrected chi connectivity index (χ3v) is 5.08. The Morgan fingerprint density at radius 1 is 1.09 bits per heavy atom. The zero-order chi connectivity index (χ0) is 22.9. The second-order valence-electron chi connectivity index (χ2n) is 6.75. The Morgan fingerprint density at radius 2 is 1.88 bits per heavy atom. The normalized spacial score (nSPS) is 10.6. The van der Waals surface area contributed by atoms with Crippen molar-refractivity contribution in [2.24, 2.45) is 0 Å². The average Bonchev–Trinajstić information content (AvgIpc) is 3.22. The predicted octanol–water partition coefficient (Wildman–Crippen LogP) is 2.60. The summed E-state index contributed by atoms with van der Waals surface area (Å²) in [5.74, 6) is 0.626. The molecule has 2 N–H and O–H groups in total. The number of rotatable bonds is 10. The molecule has 10 heteroatoms. The quantitative estimate of drug-likeness (QED) is 0.484. The molecule has 0 radical (unpaired) electrons. The number of pyridine rings is 1. The van der Waals surface area contributed by atoms with Crippen LogP contribution in [0, 0.1) is 0 Å². The molecular weight excluding hydrogens is 428 g/mol. The highest BCUT2D eigenvalue weighted by atomic mass is 32.2. The molecule has 1 aromatic carbocycles. The largest absolute Gasteiger partial charge is 0.478 e. The van der Waals surface area contributed by atoms with Gasteiger partial charge in [0.15, 0.2) is 5.69 Å². The van der Waals surface area contributed by atoms with E-state index in [0.717, 1.165) is 11.3 Å². The maximum absolute atomic E-state index is 12.8. The molecule has 3 aromatic rings. The number of nitrogens with zero attached hydrogens (tertiary/aromatic N) is 4. The Labute approximate surface area is 191 Å². The Balaban J connectivity index is 1.77. The summed E-state index contributed by atoms with van der Waals surface area (Å²) in [6.45, 7) is 5.16. The van der Waals surface area contributed by atoms with Crippen LogP contribution >= 0.6 is 11.8 Å². The lowest BCUT2D eigenvalue weighted by atomic mass is 10.2. The molecule has 0 bridgehead atoms. The van der Waals surface area contributed by atoms with E-state index in [1.807, 2.05) is 26.2 Å². The number of thioether (sulfide) groups is 1. The number of amides is 2. The van der Waals surface area contributed by atoms with E-state index in [1.54, 1.807) is 53.0 Å². The summed E-state index contributed by atoms with van der Waals surface area (Å²) >= 11 is 1.57. The monoisotopic (exact) mass is 454 g/mol. The summed E-state index contributed by atoms with van der Waals surface area (Å²) in [6, 6.07) is 10.6. The molecule has 0 fully saturated rings. The van der Waals surface area contributed by atoms with E-state index in [4.69, 9.17) is 4.74 Å². The van der Waals surface area contributed by atoms with Crippen molar-refractivity contribution in [3.8, 4) is 11.6 Å². The minimum absolute atomic E-state index is 0.134. The van der Waals surface area contributed by atoms with Gasteiger partial charge < -0.3 is 15.4 Å². The van der Waals surface area contributed by atoms with Crippen molar-refractivity contribution >= 4 is 23.6 Å². The van der Waals surface area contributed by atoms with E-state index in [0.29, 0.717) is 42.6 Å². The third-order valence-electron chi connectivity index (χ3n) is 4.52. The fraction of sp³-hybridized carbons (Fsp3) is 0.318. The zero-order valence-electron chi connectivity index (χ0n) is 18.3. The first-order valence-electron chi connectivity index (χ1n) is 10.2. The summed E-state index contributed by atoms with van der Waals surface area (Å²) in [5.41, 5.74) is 3.11. The first-order valence-corrected chi connectivity index (χ1v) is 11.6. The molecule has 9 nitrogen and oxygen atoms in total. The zero-order valence-corrected chi connectivity index (χ0v) is 19.1. The van der Waals surface area contributed by atoms with Crippen molar-refractivity contribution in [1.29, 1.82) is 0 Å². The number of carbonyl (C=O) groups is 2. The van der Waals surface area contributed by atoms with Crippen LogP contribution in [0.15, 0.2) is 42.6 Å². The Bertz CT molecular complexity index is 1070. The SMILES string of the molecule is CCNC(=O)c1ccc(-n2nnc(C(=O)NCc3ccnc(OCC)c3)c2CSC)cc1. The van der Waals surface area contributed by atoms with Gasteiger partial charge in [0, 0.05) is 36.7 Å². The van der Waals surface area contributed by atoms with E-state index in [-0.39, 0.29) is 17.5 Å². The Morgan fingerprint density at radius 3 is 2.56 bits per heavy atom. The molecule has 3 rings (SSSR count). The Kier molecular flexibility index (Phi) is 8.20. The molecular formula is C22H26N6O3S. The standard InChI is InChI=1S/C22H26N6O3S/c1-4-23-21(29)16-6-8-17(9-7-16)28-18(14-32-3)20(26-27-28)22(30)25-13-15-10-11-24-19(12-15)31-5-2/h6-12H,4-5,13-14H2,1-3H3,(H,23,29)(H,25,30). The number of nitrogens with one attached hydrogen (secondary N) is 2. The van der Waals surface area contributed by atoms with Gasteiger partial charge in [-0.1, -0.05) is 5.21 Å². The van der Waals surface area contributed by atoms with Gasteiger partial charge in [-0.15, -0.1) is 5.10 Å². The van der Waals surface area contributed by atoms with Crippen LogP contribution in [-0.4, -0.2) is 51.2 Å². The highest BCUT2D eigenvalue weighted by molar-refractivity contribution is 7.97. The van der Waals surface area contributed by atoms with Crippen LogP contribution in [0.1, 0.15) is 46.0 Å². The van der Waals surface area contributed by atoms with E-state index in [9.17, 15) is 9.59 Å². The van der Waals surface area contributed by atoms with Crippen molar-refractivity contribution in [3.05, 3.63) is 65.1 Å². The molecule has 0 saturated heterocycles. The van der Waals surface area contributed by atoms with E-state index in [2.05, 4.69) is 25.9 Å². The molecule has 2 heterocycles. The van der Waals surface area contributed by atoms with Crippen LogP contribution in [-0.2, 0) is 12.3 Å². The summed E-state index contributed by atoms with van der Waals surface area (Å²) in [6.07, 6.45) is 3.59. The van der Waals surface area contributed by atoms with Crippen molar-refractivity contribution < 1.29 is 14.3 Å². The van der Waals surface area contributed by atoms with Crippen LogP contribution in [0.4, 0.5) is 0 Å². The van der Waals surface area contributed by atoms with E-state index >= 15 is 0 Å². The van der Waals surface area contributed by atoms with Crippen molar-refractivity contribution in [2.45, 2.75) is 26.1 Å². The molecule has 32 heavy (non-hydrogen) atoms. The summed E-state index contributed by atoms with van der Waals surface area (Å²) < 4.78 is 7.03. The van der Waals surface area contributed by atoms with Crippen LogP contribution in [0.3, 0.4) is 0 Å². The molecule has 0 spiro atoms. The van der Waals surface area contributed by atoms with Gasteiger partial charge in [0.25, 0.3) is 11.8 Å². The maximum atomic E-state index is 12.8. The van der Waals surface area contributed by atoms with Crippen molar-refractivity contribution in [2.75, 3.05) is 19.4 Å². The number of aromatic nitrogens is 4. The first kappa shape index (κ1) is 23.3. The van der Waals surface area contributed by atoms with Gasteiger partial charge in [-0.3, -0.25) is 9.59 Å². The van der Waals surface area contributed by atoms with Gasteiger partial charge in [0.2, 0.25) is 5.88 Å². The Hall–Kier alpha value is -3.40. The number of hydrogen-bond acceptors (Lipinski definition) is 7. The summed E-state index contributed by atoms with van der Waals surface area (Å²) in [5, 5.41) is 14.0. The molecule has 0 aliphatic carbocycles. The molecule has 0 aliphatic heterocycles. The molecule has 168 valence electrons. The van der Waals surface area contributed by atoms with Gasteiger partial charge >= 0.3 is 0 Å². The minimum Gasteiger partial charge on any atom is -0.478 e. The lowest BCUT2D eigenvalue weighted by Gasteiger charge is -2.09. The van der Waals surface area contributed by atoms with Crippen molar-refractivity contribution in [3.63, 3.8) is 0 Å². The molecule has 2 amide bonds. The van der Waals surface area contributed by atoms with Crippen molar-refractivity contribution in [1.82, 2.24) is 30.6 Å². The maximum Gasteiger partial charge on any atom is 0.274 e. The van der Waals surface area contributed by atoms with Gasteiger partial charge in [0.1, 0.15) is 0 Å². The topological polar surface area (TPSA) is 111 Å². The lowest BCUT2D eigenvalue weighted by molar-refractivity contribution is 0.0940. The van der Waals surface area contributed by atoms with E-state index in [1.165, 1.54) is 0 Å². The van der Waals surface area contributed by atoms with Crippen LogP contribution < -0.4 is 15.4 Å². The lowest BCUT2D eigenvalue weighted by Crippen LogP contribution is -2.24. The molecule has 0 unspecified atom stereocenters. The molecule has 0 aliphatic rings. The van der Waals surface area contributed by atoms with Gasteiger partial charge in [0.05, 0.1) is 18.0 Å². The third kappa shape index (κ3) is 5.64. The number of benzene rings is 1. The number of carbonyl (C=O) groups excluding carboxylic acids is 2. The highest BCUT2D eigenvalue weighted by Crippen LogP contribution is 2.19.